The van der Waals surface area contributed by atoms with Gasteiger partial charge in [-0.05, 0) is 42.3 Å². The van der Waals surface area contributed by atoms with Crippen LogP contribution in [0.15, 0.2) is 41.3 Å². The van der Waals surface area contributed by atoms with Crippen LogP contribution in [0.3, 0.4) is 0 Å². The SMILES string of the molecule is COc1ccc(S(=O)(=O)N(C)C)cc1CCC(=O)Nc1ccc(F)c(F)c1. The topological polar surface area (TPSA) is 75.7 Å². The molecule has 1 N–H and O–H groups in total. The summed E-state index contributed by atoms with van der Waals surface area (Å²) in [5.41, 5.74) is 0.677. The van der Waals surface area contributed by atoms with Crippen molar-refractivity contribution >= 4 is 21.6 Å². The number of nitrogens with one attached hydrogen (secondary N) is 1. The molecule has 0 saturated carbocycles. The van der Waals surface area contributed by atoms with E-state index in [0.717, 1.165) is 16.4 Å². The molecule has 6 nitrogen and oxygen atoms in total. The predicted molar refractivity (Wildman–Crippen MR) is 97.2 cm³/mol. The Hall–Kier alpha value is -2.52. The third-order valence-electron chi connectivity index (χ3n) is 3.86. The quantitative estimate of drug-likeness (QED) is 0.778. The fourth-order valence-corrected chi connectivity index (χ4v) is 3.32. The lowest BCUT2D eigenvalue weighted by Crippen LogP contribution is -2.22. The van der Waals surface area contributed by atoms with Gasteiger partial charge in [0.1, 0.15) is 5.75 Å². The van der Waals surface area contributed by atoms with E-state index in [2.05, 4.69) is 5.32 Å². The lowest BCUT2D eigenvalue weighted by atomic mass is 10.1. The van der Waals surface area contributed by atoms with Crippen molar-refractivity contribution in [2.24, 2.45) is 0 Å². The molecule has 27 heavy (non-hydrogen) atoms. The van der Waals surface area contributed by atoms with Gasteiger partial charge in [0.15, 0.2) is 11.6 Å². The van der Waals surface area contributed by atoms with E-state index in [-0.39, 0.29) is 23.4 Å². The molecule has 2 rings (SSSR count). The Morgan fingerprint density at radius 2 is 1.81 bits per heavy atom. The van der Waals surface area contributed by atoms with Gasteiger partial charge in [0, 0.05) is 32.3 Å². The maximum Gasteiger partial charge on any atom is 0.242 e. The summed E-state index contributed by atoms with van der Waals surface area (Å²) in [4.78, 5) is 12.2. The van der Waals surface area contributed by atoms with Crippen molar-refractivity contribution in [3.05, 3.63) is 53.6 Å². The Morgan fingerprint density at radius 3 is 2.41 bits per heavy atom. The number of rotatable bonds is 7. The van der Waals surface area contributed by atoms with Crippen molar-refractivity contribution < 1.29 is 26.7 Å². The number of methoxy groups -OCH3 is 1. The first-order valence-electron chi connectivity index (χ1n) is 7.99. The van der Waals surface area contributed by atoms with E-state index >= 15 is 0 Å². The van der Waals surface area contributed by atoms with E-state index < -0.39 is 27.6 Å². The number of nitrogens with zero attached hydrogens (tertiary/aromatic N) is 1. The highest BCUT2D eigenvalue weighted by Crippen LogP contribution is 2.25. The molecule has 2 aromatic carbocycles. The van der Waals surface area contributed by atoms with Crippen LogP contribution in [0.4, 0.5) is 14.5 Å². The molecular weight excluding hydrogens is 378 g/mol. The maximum absolute atomic E-state index is 13.2. The van der Waals surface area contributed by atoms with Crippen LogP contribution in [0, 0.1) is 11.6 Å². The number of aryl methyl sites for hydroxylation is 1. The number of amides is 1. The minimum Gasteiger partial charge on any atom is -0.496 e. The number of carbonyl (C=O) groups is 1. The van der Waals surface area contributed by atoms with E-state index in [1.54, 1.807) is 0 Å². The van der Waals surface area contributed by atoms with Gasteiger partial charge in [0.2, 0.25) is 15.9 Å². The molecule has 2 aromatic rings. The number of sulfonamides is 1. The second-order valence-electron chi connectivity index (χ2n) is 5.94. The van der Waals surface area contributed by atoms with Crippen LogP contribution in [-0.4, -0.2) is 39.8 Å². The lowest BCUT2D eigenvalue weighted by Gasteiger charge is -2.14. The van der Waals surface area contributed by atoms with E-state index in [0.29, 0.717) is 11.3 Å². The van der Waals surface area contributed by atoms with Crippen molar-refractivity contribution in [3.63, 3.8) is 0 Å². The van der Waals surface area contributed by atoms with Crippen LogP contribution in [-0.2, 0) is 21.2 Å². The summed E-state index contributed by atoms with van der Waals surface area (Å²) in [5.74, 6) is -2.04. The number of hydrogen-bond acceptors (Lipinski definition) is 4. The van der Waals surface area contributed by atoms with Gasteiger partial charge in [0.05, 0.1) is 12.0 Å². The molecule has 0 bridgehead atoms. The monoisotopic (exact) mass is 398 g/mol. The molecule has 9 heteroatoms. The van der Waals surface area contributed by atoms with Crippen LogP contribution in [0.1, 0.15) is 12.0 Å². The summed E-state index contributed by atoms with van der Waals surface area (Å²) in [6.07, 6.45) is 0.205. The molecule has 1 amide bonds. The Kier molecular flexibility index (Phi) is 6.50. The van der Waals surface area contributed by atoms with Crippen LogP contribution < -0.4 is 10.1 Å². The highest BCUT2D eigenvalue weighted by Gasteiger charge is 2.19. The molecule has 0 heterocycles. The number of hydrogen-bond donors (Lipinski definition) is 1. The number of anilines is 1. The molecule has 0 spiro atoms. The van der Waals surface area contributed by atoms with Gasteiger partial charge in [-0.15, -0.1) is 0 Å². The second kappa shape index (κ2) is 8.45. The van der Waals surface area contributed by atoms with E-state index in [1.165, 1.54) is 45.5 Å². The average molecular weight is 398 g/mol. The Labute approximate surface area is 156 Å². The highest BCUT2D eigenvalue weighted by molar-refractivity contribution is 7.89. The minimum atomic E-state index is -3.62. The molecule has 0 aliphatic rings. The predicted octanol–water partition coefficient (Wildman–Crippen LogP) is 2.80. The molecular formula is C18H20F2N2O4S. The third kappa shape index (κ3) is 5.01. The largest absolute Gasteiger partial charge is 0.496 e. The summed E-state index contributed by atoms with van der Waals surface area (Å²) in [6.45, 7) is 0. The zero-order chi connectivity index (χ0) is 20.2. The molecule has 0 aliphatic heterocycles. The average Bonchev–Trinajstić information content (AvgIpc) is 2.62. The summed E-state index contributed by atoms with van der Waals surface area (Å²) < 4.78 is 57.0. The Bertz CT molecular complexity index is 946. The summed E-state index contributed by atoms with van der Waals surface area (Å²) in [5, 5.41) is 2.47. The van der Waals surface area contributed by atoms with Crippen molar-refractivity contribution in [3.8, 4) is 5.75 Å². The van der Waals surface area contributed by atoms with Crippen molar-refractivity contribution in [2.75, 3.05) is 26.5 Å². The fourth-order valence-electron chi connectivity index (χ4n) is 2.37. The molecule has 0 saturated heterocycles. The van der Waals surface area contributed by atoms with Gasteiger partial charge >= 0.3 is 0 Å². The first kappa shape index (κ1) is 20.8. The number of halogens is 2. The Balaban J connectivity index is 2.13. The number of carbonyl (C=O) groups excluding carboxylic acids is 1. The van der Waals surface area contributed by atoms with Gasteiger partial charge in [0.25, 0.3) is 0 Å². The first-order valence-corrected chi connectivity index (χ1v) is 9.43. The standard InChI is InChI=1S/C18H20F2N2O4S/c1-22(2)27(24,25)14-6-8-17(26-3)12(10-14)4-9-18(23)21-13-5-7-15(19)16(20)11-13/h5-8,10-11H,4,9H2,1-3H3,(H,21,23). The van der Waals surface area contributed by atoms with Crippen LogP contribution in [0.5, 0.6) is 5.75 Å². The summed E-state index contributed by atoms with van der Waals surface area (Å²) in [6, 6.07) is 7.47. The van der Waals surface area contributed by atoms with Gasteiger partial charge in [-0.2, -0.15) is 0 Å². The van der Waals surface area contributed by atoms with Crippen molar-refractivity contribution in [1.82, 2.24) is 4.31 Å². The molecule has 0 aromatic heterocycles. The normalized spacial score (nSPS) is 11.5. The number of ether oxygens (including phenoxy) is 1. The fraction of sp³-hybridized carbons (Fsp3) is 0.278. The first-order chi connectivity index (χ1) is 12.6. The van der Waals surface area contributed by atoms with Crippen molar-refractivity contribution in [2.45, 2.75) is 17.7 Å². The number of benzene rings is 2. The van der Waals surface area contributed by atoms with Gasteiger partial charge in [-0.3, -0.25) is 4.79 Å². The van der Waals surface area contributed by atoms with Crippen LogP contribution >= 0.6 is 0 Å². The highest BCUT2D eigenvalue weighted by atomic mass is 32.2. The Morgan fingerprint density at radius 1 is 1.11 bits per heavy atom. The summed E-state index contributed by atoms with van der Waals surface area (Å²) >= 11 is 0. The van der Waals surface area contributed by atoms with E-state index in [4.69, 9.17) is 4.74 Å². The minimum absolute atomic E-state index is 0.000814. The zero-order valence-corrected chi connectivity index (χ0v) is 15.9. The van der Waals surface area contributed by atoms with Crippen LogP contribution in [0.2, 0.25) is 0 Å². The smallest absolute Gasteiger partial charge is 0.242 e. The van der Waals surface area contributed by atoms with Gasteiger partial charge in [-0.1, -0.05) is 0 Å². The van der Waals surface area contributed by atoms with Gasteiger partial charge in [-0.25, -0.2) is 21.5 Å². The molecule has 0 radical (unpaired) electrons. The maximum atomic E-state index is 13.2. The zero-order valence-electron chi connectivity index (χ0n) is 15.1. The molecule has 0 atom stereocenters. The molecule has 0 fully saturated rings. The third-order valence-corrected chi connectivity index (χ3v) is 5.67. The molecule has 0 unspecified atom stereocenters. The van der Waals surface area contributed by atoms with Gasteiger partial charge < -0.3 is 10.1 Å². The molecule has 0 aliphatic carbocycles. The second-order valence-corrected chi connectivity index (χ2v) is 8.09. The van der Waals surface area contributed by atoms with Crippen LogP contribution in [0.25, 0.3) is 0 Å². The molecule has 146 valence electrons. The van der Waals surface area contributed by atoms with E-state index in [1.807, 2.05) is 0 Å². The summed E-state index contributed by atoms with van der Waals surface area (Å²) in [7, 11) is 0.675. The van der Waals surface area contributed by atoms with E-state index in [9.17, 15) is 22.0 Å². The lowest BCUT2D eigenvalue weighted by molar-refractivity contribution is -0.116. The van der Waals surface area contributed by atoms with Crippen molar-refractivity contribution in [1.29, 1.82) is 0 Å².